The first-order chi connectivity index (χ1) is 8.28. The molecule has 0 aliphatic heterocycles. The van der Waals surface area contributed by atoms with Crippen LogP contribution in [0.5, 0.6) is 0 Å². The zero-order valence-corrected chi connectivity index (χ0v) is 8.89. The van der Waals surface area contributed by atoms with Crippen LogP contribution in [-0.2, 0) is 6.54 Å². The Balaban J connectivity index is 2.10. The fourth-order valence-corrected chi connectivity index (χ4v) is 1.38. The Morgan fingerprint density at radius 3 is 2.94 bits per heavy atom. The van der Waals surface area contributed by atoms with Gasteiger partial charge in [-0.3, -0.25) is 0 Å². The Morgan fingerprint density at radius 1 is 1.35 bits per heavy atom. The predicted octanol–water partition coefficient (Wildman–Crippen LogP) is 2.10. The topological polar surface area (TPSA) is 61.6 Å². The molecule has 1 aromatic carbocycles. The maximum Gasteiger partial charge on any atom is 0.126 e. The molecule has 84 valence electrons. The first kappa shape index (κ1) is 11.0. The lowest BCUT2D eigenvalue weighted by atomic mass is 10.2. The third kappa shape index (κ3) is 2.98. The van der Waals surface area contributed by atoms with Gasteiger partial charge in [-0.25, -0.2) is 4.39 Å². The van der Waals surface area contributed by atoms with Gasteiger partial charge < -0.3 is 5.32 Å². The van der Waals surface area contributed by atoms with Crippen LogP contribution in [-0.4, -0.2) is 10.2 Å². The highest BCUT2D eigenvalue weighted by Gasteiger charge is 2.00. The predicted molar refractivity (Wildman–Crippen MR) is 60.5 cm³/mol. The van der Waals surface area contributed by atoms with Gasteiger partial charge in [-0.15, -0.1) is 0 Å². The van der Waals surface area contributed by atoms with Gasteiger partial charge in [0.1, 0.15) is 5.82 Å². The summed E-state index contributed by atoms with van der Waals surface area (Å²) in [4.78, 5) is 0. The first-order valence-corrected chi connectivity index (χ1v) is 4.99. The molecule has 1 heterocycles. The lowest BCUT2D eigenvalue weighted by Crippen LogP contribution is -2.02. The SMILES string of the molecule is N#Cc1cc(F)cc(NCc2cccnn2)c1. The number of nitrogens with zero attached hydrogens (tertiary/aromatic N) is 3. The van der Waals surface area contributed by atoms with Gasteiger partial charge in [0.25, 0.3) is 0 Å². The van der Waals surface area contributed by atoms with Crippen molar-refractivity contribution >= 4 is 5.69 Å². The van der Waals surface area contributed by atoms with E-state index < -0.39 is 5.82 Å². The highest BCUT2D eigenvalue weighted by molar-refractivity contribution is 5.49. The van der Waals surface area contributed by atoms with Crippen LogP contribution >= 0.6 is 0 Å². The summed E-state index contributed by atoms with van der Waals surface area (Å²) < 4.78 is 13.1. The Hall–Kier alpha value is -2.48. The van der Waals surface area contributed by atoms with Crippen LogP contribution < -0.4 is 5.32 Å². The summed E-state index contributed by atoms with van der Waals surface area (Å²) in [5.74, 6) is -0.439. The highest BCUT2D eigenvalue weighted by Crippen LogP contribution is 2.14. The Morgan fingerprint density at radius 2 is 2.24 bits per heavy atom. The van der Waals surface area contributed by atoms with E-state index in [0.717, 1.165) is 5.69 Å². The fourth-order valence-electron chi connectivity index (χ4n) is 1.38. The molecule has 0 amide bonds. The monoisotopic (exact) mass is 228 g/mol. The highest BCUT2D eigenvalue weighted by atomic mass is 19.1. The van der Waals surface area contributed by atoms with Crippen molar-refractivity contribution in [3.8, 4) is 6.07 Å². The maximum atomic E-state index is 13.1. The van der Waals surface area contributed by atoms with Crippen molar-refractivity contribution in [1.29, 1.82) is 5.26 Å². The van der Waals surface area contributed by atoms with Gasteiger partial charge in [0, 0.05) is 11.9 Å². The van der Waals surface area contributed by atoms with E-state index in [0.29, 0.717) is 12.2 Å². The average Bonchev–Trinajstić information content (AvgIpc) is 2.37. The molecule has 2 aromatic rings. The molecule has 0 aliphatic rings. The minimum absolute atomic E-state index is 0.284. The molecule has 0 unspecified atom stereocenters. The van der Waals surface area contributed by atoms with Crippen LogP contribution in [0, 0.1) is 17.1 Å². The largest absolute Gasteiger partial charge is 0.379 e. The second-order valence-corrected chi connectivity index (χ2v) is 3.41. The van der Waals surface area contributed by atoms with E-state index in [1.54, 1.807) is 18.3 Å². The molecule has 0 bridgehead atoms. The summed E-state index contributed by atoms with van der Waals surface area (Å²) in [6, 6.07) is 9.58. The number of benzene rings is 1. The van der Waals surface area contributed by atoms with Gasteiger partial charge in [-0.2, -0.15) is 15.5 Å². The van der Waals surface area contributed by atoms with E-state index in [-0.39, 0.29) is 5.56 Å². The summed E-state index contributed by atoms with van der Waals surface area (Å²) in [5, 5.41) is 19.3. The second-order valence-electron chi connectivity index (χ2n) is 3.41. The van der Waals surface area contributed by atoms with E-state index in [9.17, 15) is 4.39 Å². The molecule has 5 heteroatoms. The molecule has 0 saturated carbocycles. The number of halogens is 1. The zero-order valence-electron chi connectivity index (χ0n) is 8.89. The molecule has 17 heavy (non-hydrogen) atoms. The molecule has 0 spiro atoms. The van der Waals surface area contributed by atoms with Gasteiger partial charge in [-0.1, -0.05) is 0 Å². The molecule has 0 saturated heterocycles. The summed E-state index contributed by atoms with van der Waals surface area (Å²) in [6.45, 7) is 0.433. The zero-order chi connectivity index (χ0) is 12.1. The van der Waals surface area contributed by atoms with Gasteiger partial charge in [0.2, 0.25) is 0 Å². The van der Waals surface area contributed by atoms with Gasteiger partial charge in [0.15, 0.2) is 0 Å². The lowest BCUT2D eigenvalue weighted by Gasteiger charge is -2.05. The molecule has 4 nitrogen and oxygen atoms in total. The molecule has 1 aromatic heterocycles. The second kappa shape index (κ2) is 5.03. The molecular formula is C12H9FN4. The third-order valence-electron chi connectivity index (χ3n) is 2.13. The molecule has 0 atom stereocenters. The van der Waals surface area contributed by atoms with Crippen molar-refractivity contribution in [1.82, 2.24) is 10.2 Å². The standard InChI is InChI=1S/C12H9FN4/c13-10-4-9(7-14)5-12(6-10)15-8-11-2-1-3-16-17-11/h1-6,15H,8H2. The number of nitrogens with one attached hydrogen (secondary N) is 1. The van der Waals surface area contributed by atoms with Gasteiger partial charge >= 0.3 is 0 Å². The fraction of sp³-hybridized carbons (Fsp3) is 0.0833. The summed E-state index contributed by atoms with van der Waals surface area (Å²) >= 11 is 0. The van der Waals surface area contributed by atoms with E-state index in [1.807, 2.05) is 12.1 Å². The minimum atomic E-state index is -0.439. The van der Waals surface area contributed by atoms with Gasteiger partial charge in [0.05, 0.1) is 23.9 Å². The number of hydrogen-bond acceptors (Lipinski definition) is 4. The van der Waals surface area contributed by atoms with Crippen LogP contribution in [0.1, 0.15) is 11.3 Å². The Bertz CT molecular complexity index is 548. The molecule has 0 fully saturated rings. The van der Waals surface area contributed by atoms with Crippen LogP contribution in [0.3, 0.4) is 0 Å². The summed E-state index contributed by atoms with van der Waals surface area (Å²) in [6.07, 6.45) is 1.58. The van der Waals surface area contributed by atoms with E-state index in [2.05, 4.69) is 15.5 Å². The van der Waals surface area contributed by atoms with E-state index >= 15 is 0 Å². The number of hydrogen-bond donors (Lipinski definition) is 1. The van der Waals surface area contributed by atoms with Crippen molar-refractivity contribution < 1.29 is 4.39 Å². The lowest BCUT2D eigenvalue weighted by molar-refractivity contribution is 0.627. The maximum absolute atomic E-state index is 13.1. The minimum Gasteiger partial charge on any atom is -0.379 e. The van der Waals surface area contributed by atoms with E-state index in [1.165, 1.54) is 12.1 Å². The van der Waals surface area contributed by atoms with Crippen molar-refractivity contribution in [2.75, 3.05) is 5.32 Å². The summed E-state index contributed by atoms with van der Waals surface area (Å²) in [5.41, 5.74) is 1.58. The number of nitriles is 1. The molecule has 2 rings (SSSR count). The number of rotatable bonds is 3. The van der Waals surface area contributed by atoms with Crippen LogP contribution in [0.4, 0.5) is 10.1 Å². The number of anilines is 1. The van der Waals surface area contributed by atoms with Crippen LogP contribution in [0.2, 0.25) is 0 Å². The Labute approximate surface area is 97.7 Å². The molecule has 1 N–H and O–H groups in total. The number of aromatic nitrogens is 2. The first-order valence-electron chi connectivity index (χ1n) is 4.99. The quantitative estimate of drug-likeness (QED) is 0.873. The van der Waals surface area contributed by atoms with Crippen LogP contribution in [0.25, 0.3) is 0 Å². The van der Waals surface area contributed by atoms with Crippen molar-refractivity contribution in [2.45, 2.75) is 6.54 Å². The Kier molecular flexibility index (Phi) is 3.26. The normalized spacial score (nSPS) is 9.65. The molecule has 0 radical (unpaired) electrons. The third-order valence-corrected chi connectivity index (χ3v) is 2.13. The van der Waals surface area contributed by atoms with Crippen molar-refractivity contribution in [2.24, 2.45) is 0 Å². The van der Waals surface area contributed by atoms with E-state index in [4.69, 9.17) is 5.26 Å². The average molecular weight is 228 g/mol. The summed E-state index contributed by atoms with van der Waals surface area (Å²) in [7, 11) is 0. The molecule has 0 aliphatic carbocycles. The van der Waals surface area contributed by atoms with Crippen LogP contribution in [0.15, 0.2) is 36.5 Å². The smallest absolute Gasteiger partial charge is 0.126 e. The van der Waals surface area contributed by atoms with Gasteiger partial charge in [-0.05, 0) is 30.3 Å². The van der Waals surface area contributed by atoms with Crippen molar-refractivity contribution in [3.63, 3.8) is 0 Å². The van der Waals surface area contributed by atoms with Crippen molar-refractivity contribution in [3.05, 3.63) is 53.6 Å². The molecular weight excluding hydrogens is 219 g/mol.